The van der Waals surface area contributed by atoms with Gasteiger partial charge in [0.25, 0.3) is 0 Å². The van der Waals surface area contributed by atoms with E-state index in [4.69, 9.17) is 10.5 Å². The van der Waals surface area contributed by atoms with E-state index in [9.17, 15) is 4.79 Å². The molecule has 0 aromatic heterocycles. The van der Waals surface area contributed by atoms with E-state index in [1.54, 1.807) is 0 Å². The number of fused-ring (bicyclic) bond motifs is 1. The zero-order valence-corrected chi connectivity index (χ0v) is 7.97. The molecule has 1 aromatic rings. The van der Waals surface area contributed by atoms with Crippen LogP contribution >= 0.6 is 0 Å². The molecule has 0 unspecified atom stereocenters. The predicted octanol–water partition coefficient (Wildman–Crippen LogP) is 2.32. The van der Waals surface area contributed by atoms with Crippen LogP contribution in [0.5, 0.6) is 0 Å². The Morgan fingerprint density at radius 3 is 2.40 bits per heavy atom. The fourth-order valence-electron chi connectivity index (χ4n) is 1.30. The first kappa shape index (κ1) is 10.7. The van der Waals surface area contributed by atoms with Gasteiger partial charge < -0.3 is 0 Å². The van der Waals surface area contributed by atoms with Crippen LogP contribution in [0.1, 0.15) is 22.3 Å². The maximum absolute atomic E-state index is 11.2. The number of rotatable bonds is 0. The molecule has 0 radical (unpaired) electrons. The average molecular weight is 196 g/mol. The van der Waals surface area contributed by atoms with Crippen molar-refractivity contribution in [1.82, 2.24) is 0 Å². The number of Topliss-reactive ketones (excluding diaryl/α,β-unsaturated/α-hetero) is 1. The van der Waals surface area contributed by atoms with E-state index in [1.165, 1.54) is 12.1 Å². The lowest BCUT2D eigenvalue weighted by molar-refractivity contribution is 0.0994. The van der Waals surface area contributed by atoms with Crippen molar-refractivity contribution < 1.29 is 4.79 Å². The topological polar surface area (TPSA) is 64.7 Å². The van der Waals surface area contributed by atoms with Crippen LogP contribution in [0, 0.1) is 22.7 Å². The van der Waals surface area contributed by atoms with Crippen molar-refractivity contribution >= 4 is 11.9 Å². The summed E-state index contributed by atoms with van der Waals surface area (Å²) in [7, 11) is 0. The largest absolute Gasteiger partial charge is 0.294 e. The molecule has 3 nitrogen and oxygen atoms in total. The standard InChI is InChI=1S/C10H8O.C2N2/c11-10-7-3-5-8-4-1-2-6-9(8)10;3-1-2-4/h1-6H,7H2;. The molecule has 15 heavy (non-hydrogen) atoms. The Kier molecular flexibility index (Phi) is 3.82. The zero-order valence-electron chi connectivity index (χ0n) is 7.97. The van der Waals surface area contributed by atoms with Crippen molar-refractivity contribution in [1.29, 1.82) is 10.5 Å². The highest BCUT2D eigenvalue weighted by Gasteiger charge is 2.10. The van der Waals surface area contributed by atoms with E-state index in [0.29, 0.717) is 6.42 Å². The highest BCUT2D eigenvalue weighted by molar-refractivity contribution is 6.02. The van der Waals surface area contributed by atoms with Gasteiger partial charge in [-0.3, -0.25) is 4.79 Å². The van der Waals surface area contributed by atoms with Crippen molar-refractivity contribution in [2.45, 2.75) is 6.42 Å². The van der Waals surface area contributed by atoms with Gasteiger partial charge in [0.1, 0.15) is 0 Å². The zero-order chi connectivity index (χ0) is 11.1. The fourth-order valence-corrected chi connectivity index (χ4v) is 1.30. The van der Waals surface area contributed by atoms with Gasteiger partial charge >= 0.3 is 0 Å². The lowest BCUT2D eigenvalue weighted by Gasteiger charge is -2.07. The van der Waals surface area contributed by atoms with Crippen LogP contribution < -0.4 is 0 Å². The molecule has 0 bridgehead atoms. The molecule has 72 valence electrons. The van der Waals surface area contributed by atoms with Gasteiger partial charge in [-0.1, -0.05) is 36.4 Å². The third-order valence-corrected chi connectivity index (χ3v) is 1.91. The van der Waals surface area contributed by atoms with Gasteiger partial charge in [0, 0.05) is 12.0 Å². The summed E-state index contributed by atoms with van der Waals surface area (Å²) < 4.78 is 0. The van der Waals surface area contributed by atoms with Gasteiger partial charge in [-0.2, -0.15) is 10.5 Å². The molecule has 0 amide bonds. The van der Waals surface area contributed by atoms with E-state index in [0.717, 1.165) is 11.1 Å². The van der Waals surface area contributed by atoms with E-state index in [-0.39, 0.29) is 5.78 Å². The first-order chi connectivity index (χ1) is 7.29. The second kappa shape index (κ2) is 5.36. The van der Waals surface area contributed by atoms with E-state index in [2.05, 4.69) is 0 Å². The molecule has 0 N–H and O–H groups in total. The Balaban J connectivity index is 0.000000245. The molecule has 3 heteroatoms. The quantitative estimate of drug-likeness (QED) is 0.639. The molecule has 1 aliphatic rings. The summed E-state index contributed by atoms with van der Waals surface area (Å²) in [5.74, 6) is 0.225. The molecular weight excluding hydrogens is 188 g/mol. The minimum atomic E-state index is 0.225. The van der Waals surface area contributed by atoms with Gasteiger partial charge in [0.15, 0.2) is 17.9 Å². The van der Waals surface area contributed by atoms with Crippen LogP contribution in [0.25, 0.3) is 6.08 Å². The van der Waals surface area contributed by atoms with E-state index >= 15 is 0 Å². The number of hydrogen-bond donors (Lipinski definition) is 0. The Bertz CT molecular complexity index is 463. The first-order valence-corrected chi connectivity index (χ1v) is 4.36. The molecule has 1 aliphatic carbocycles. The highest BCUT2D eigenvalue weighted by Crippen LogP contribution is 2.17. The average Bonchev–Trinajstić information content (AvgIpc) is 2.30. The second-order valence-corrected chi connectivity index (χ2v) is 2.84. The second-order valence-electron chi connectivity index (χ2n) is 2.84. The van der Waals surface area contributed by atoms with Crippen LogP contribution in [0.2, 0.25) is 0 Å². The number of nitrogens with zero attached hydrogens (tertiary/aromatic N) is 2. The number of nitriles is 2. The molecule has 2 rings (SSSR count). The molecule has 0 spiro atoms. The molecule has 0 aliphatic heterocycles. The Morgan fingerprint density at radius 2 is 1.80 bits per heavy atom. The summed E-state index contributed by atoms with van der Waals surface area (Å²) >= 11 is 0. The summed E-state index contributed by atoms with van der Waals surface area (Å²) in [6.45, 7) is 0. The summed E-state index contributed by atoms with van der Waals surface area (Å²) in [5.41, 5.74) is 1.90. The molecule has 0 fully saturated rings. The SMILES string of the molecule is N#CC#N.O=C1CC=Cc2ccccc21. The van der Waals surface area contributed by atoms with Crippen LogP contribution in [-0.4, -0.2) is 5.78 Å². The van der Waals surface area contributed by atoms with Gasteiger partial charge in [0.05, 0.1) is 0 Å². The van der Waals surface area contributed by atoms with Crippen LogP contribution in [-0.2, 0) is 0 Å². The molecule has 1 aromatic carbocycles. The van der Waals surface area contributed by atoms with E-state index in [1.807, 2.05) is 36.4 Å². The molecule has 0 saturated carbocycles. The summed E-state index contributed by atoms with van der Waals surface area (Å²) in [6, 6.07) is 10.2. The first-order valence-electron chi connectivity index (χ1n) is 4.36. The van der Waals surface area contributed by atoms with Gasteiger partial charge in [-0.15, -0.1) is 0 Å². The predicted molar refractivity (Wildman–Crippen MR) is 55.6 cm³/mol. The van der Waals surface area contributed by atoms with Gasteiger partial charge in [-0.05, 0) is 5.56 Å². The normalized spacial score (nSPS) is 11.5. The minimum absolute atomic E-state index is 0.225. The number of benzene rings is 1. The number of allylic oxidation sites excluding steroid dienone is 1. The smallest absolute Gasteiger partial charge is 0.181 e. The number of ketones is 1. The van der Waals surface area contributed by atoms with Crippen molar-refractivity contribution in [3.63, 3.8) is 0 Å². The number of carbonyl (C=O) groups excluding carboxylic acids is 1. The summed E-state index contributed by atoms with van der Waals surface area (Å²) in [5, 5.41) is 14.5. The van der Waals surface area contributed by atoms with Crippen LogP contribution in [0.15, 0.2) is 30.3 Å². The Morgan fingerprint density at radius 1 is 1.13 bits per heavy atom. The molecular formula is C12H8N2O. The third-order valence-electron chi connectivity index (χ3n) is 1.91. The summed E-state index contributed by atoms with van der Waals surface area (Å²) in [6.07, 6.45) is 4.46. The van der Waals surface area contributed by atoms with Gasteiger partial charge in [0.2, 0.25) is 0 Å². The lowest BCUT2D eigenvalue weighted by atomic mass is 9.97. The maximum Gasteiger partial charge on any atom is 0.181 e. The fraction of sp³-hybridized carbons (Fsp3) is 0.0833. The van der Waals surface area contributed by atoms with E-state index < -0.39 is 0 Å². The van der Waals surface area contributed by atoms with Crippen molar-refractivity contribution in [2.24, 2.45) is 0 Å². The van der Waals surface area contributed by atoms with Crippen molar-refractivity contribution in [3.05, 3.63) is 41.5 Å². The summed E-state index contributed by atoms with van der Waals surface area (Å²) in [4.78, 5) is 11.2. The Labute approximate surface area is 87.9 Å². The van der Waals surface area contributed by atoms with Crippen LogP contribution in [0.3, 0.4) is 0 Å². The molecule has 0 heterocycles. The highest BCUT2D eigenvalue weighted by atomic mass is 16.1. The lowest BCUT2D eigenvalue weighted by Crippen LogP contribution is -2.02. The van der Waals surface area contributed by atoms with Crippen molar-refractivity contribution in [2.75, 3.05) is 0 Å². The van der Waals surface area contributed by atoms with Gasteiger partial charge in [-0.25, -0.2) is 0 Å². The maximum atomic E-state index is 11.2. The third kappa shape index (κ3) is 2.79. The number of carbonyl (C=O) groups is 1. The monoisotopic (exact) mass is 196 g/mol. The van der Waals surface area contributed by atoms with Crippen molar-refractivity contribution in [3.8, 4) is 12.1 Å². The Hall–Kier alpha value is -2.39. The van der Waals surface area contributed by atoms with Crippen LogP contribution in [0.4, 0.5) is 0 Å². The minimum Gasteiger partial charge on any atom is -0.294 e. The molecule has 0 atom stereocenters. The molecule has 0 saturated heterocycles. The number of hydrogen-bond acceptors (Lipinski definition) is 3.